The summed E-state index contributed by atoms with van der Waals surface area (Å²) in [5, 5.41) is 5.53. The largest absolute Gasteiger partial charge is 0.482 e. The monoisotopic (exact) mass is 670 g/mol. The minimum Gasteiger partial charge on any atom is -0.482 e. The summed E-state index contributed by atoms with van der Waals surface area (Å²) in [7, 11) is 3.11. The average molecular weight is 671 g/mol. The molecule has 0 saturated carbocycles. The fourth-order valence-corrected chi connectivity index (χ4v) is 5.23. The van der Waals surface area contributed by atoms with Crippen LogP contribution in [0, 0.1) is 25.7 Å². The number of benzene rings is 1. The van der Waals surface area contributed by atoms with Gasteiger partial charge in [0.1, 0.15) is 17.7 Å². The van der Waals surface area contributed by atoms with Gasteiger partial charge in [-0.25, -0.2) is 4.98 Å². The zero-order valence-electron chi connectivity index (χ0n) is 30.0. The number of pyridine rings is 1. The summed E-state index contributed by atoms with van der Waals surface area (Å²) in [6, 6.07) is 5.02. The molecule has 2 aromatic rings. The molecular formula is C38H50N6O5. The second-order valence-electron chi connectivity index (χ2n) is 12.2. The summed E-state index contributed by atoms with van der Waals surface area (Å²) in [6.07, 6.45) is 6.75. The third kappa shape index (κ3) is 10.5. The molecule has 1 fully saturated rings. The van der Waals surface area contributed by atoms with E-state index < -0.39 is 17.9 Å². The highest BCUT2D eigenvalue weighted by Crippen LogP contribution is 2.27. The van der Waals surface area contributed by atoms with Crippen molar-refractivity contribution in [3.8, 4) is 17.6 Å². The summed E-state index contributed by atoms with van der Waals surface area (Å²) >= 11 is 0. The van der Waals surface area contributed by atoms with Gasteiger partial charge in [0.2, 0.25) is 5.91 Å². The van der Waals surface area contributed by atoms with Crippen LogP contribution in [-0.2, 0) is 9.53 Å². The van der Waals surface area contributed by atoms with Gasteiger partial charge in [-0.15, -0.1) is 0 Å². The predicted molar refractivity (Wildman–Crippen MR) is 193 cm³/mol. The highest BCUT2D eigenvalue weighted by Gasteiger charge is 2.30. The van der Waals surface area contributed by atoms with Crippen LogP contribution in [0.5, 0.6) is 5.75 Å². The third-order valence-electron chi connectivity index (χ3n) is 8.48. The molecule has 1 aliphatic heterocycles. The molecule has 1 unspecified atom stereocenters. The molecule has 1 aromatic carbocycles. The van der Waals surface area contributed by atoms with Crippen LogP contribution >= 0.6 is 0 Å². The first-order chi connectivity index (χ1) is 23.3. The van der Waals surface area contributed by atoms with Crippen molar-refractivity contribution in [3.05, 3.63) is 88.3 Å². The maximum absolute atomic E-state index is 13.6. The third-order valence-corrected chi connectivity index (χ3v) is 8.48. The van der Waals surface area contributed by atoms with Crippen LogP contribution in [0.2, 0.25) is 0 Å². The van der Waals surface area contributed by atoms with Gasteiger partial charge in [0.15, 0.2) is 6.10 Å². The van der Waals surface area contributed by atoms with E-state index in [0.29, 0.717) is 60.1 Å². The Morgan fingerprint density at radius 3 is 2.49 bits per heavy atom. The van der Waals surface area contributed by atoms with Crippen molar-refractivity contribution in [2.75, 3.05) is 45.7 Å². The van der Waals surface area contributed by atoms with Gasteiger partial charge in [-0.2, -0.15) is 0 Å². The van der Waals surface area contributed by atoms with Crippen LogP contribution in [-0.4, -0.2) is 91.1 Å². The molecule has 3 rings (SSSR count). The SMILES string of the molecule is C=CC(=O)N1CCN(C[C@@H](Oc2cc(C)c(C(=O)Nc3ncc(C#CC(C)OC)cc3C)cc2C(=O)NC)/C(N)=C/C=C(/C)CC)C[C@H]1C. The van der Waals surface area contributed by atoms with Crippen LogP contribution in [0.4, 0.5) is 5.82 Å². The minimum atomic E-state index is -0.627. The van der Waals surface area contributed by atoms with E-state index in [2.05, 4.69) is 45.9 Å². The summed E-state index contributed by atoms with van der Waals surface area (Å²) < 4.78 is 11.7. The Morgan fingerprint density at radius 1 is 1.14 bits per heavy atom. The zero-order valence-corrected chi connectivity index (χ0v) is 30.0. The number of amides is 3. The number of carbonyl (C=O) groups excluding carboxylic acids is 3. The predicted octanol–water partition coefficient (Wildman–Crippen LogP) is 4.36. The number of hydrogen-bond acceptors (Lipinski definition) is 8. The zero-order chi connectivity index (χ0) is 36.2. The molecule has 3 amide bonds. The lowest BCUT2D eigenvalue weighted by atomic mass is 10.0. The fraction of sp³-hybridized carbons (Fsp3) is 0.421. The van der Waals surface area contributed by atoms with Crippen molar-refractivity contribution in [2.45, 2.75) is 66.2 Å². The lowest BCUT2D eigenvalue weighted by Crippen LogP contribution is -2.55. The molecule has 0 radical (unpaired) electrons. The molecule has 11 heteroatoms. The quantitative estimate of drug-likeness (QED) is 0.172. The number of allylic oxidation sites excluding steroid dienone is 3. The number of nitrogens with two attached hydrogens (primary N) is 1. The van der Waals surface area contributed by atoms with Gasteiger partial charge in [-0.3, -0.25) is 19.3 Å². The number of anilines is 1. The van der Waals surface area contributed by atoms with E-state index in [9.17, 15) is 14.4 Å². The van der Waals surface area contributed by atoms with Crippen molar-refractivity contribution in [1.29, 1.82) is 0 Å². The lowest BCUT2D eigenvalue weighted by molar-refractivity contribution is -0.130. The summed E-state index contributed by atoms with van der Waals surface area (Å²) in [4.78, 5) is 47.5. The molecule has 4 N–H and O–H groups in total. The first kappa shape index (κ1) is 38.5. The Hall–Kier alpha value is -4.92. The highest BCUT2D eigenvalue weighted by atomic mass is 16.5. The van der Waals surface area contributed by atoms with Crippen LogP contribution in [0.3, 0.4) is 0 Å². The van der Waals surface area contributed by atoms with Crippen LogP contribution in [0.15, 0.2) is 60.5 Å². The van der Waals surface area contributed by atoms with Crippen molar-refractivity contribution >= 4 is 23.5 Å². The number of piperazine rings is 1. The smallest absolute Gasteiger partial charge is 0.257 e. The number of methoxy groups -OCH3 is 1. The fourth-order valence-electron chi connectivity index (χ4n) is 5.23. The topological polar surface area (TPSA) is 139 Å². The second-order valence-corrected chi connectivity index (χ2v) is 12.2. The Labute approximate surface area is 290 Å². The number of rotatable bonds is 12. The van der Waals surface area contributed by atoms with Gasteiger partial charge in [0.25, 0.3) is 11.8 Å². The van der Waals surface area contributed by atoms with Gasteiger partial charge in [-0.1, -0.05) is 37.0 Å². The number of nitrogens with zero attached hydrogens (tertiary/aromatic N) is 3. The van der Waals surface area contributed by atoms with Crippen molar-refractivity contribution in [3.63, 3.8) is 0 Å². The molecule has 262 valence electrons. The average Bonchev–Trinajstić information content (AvgIpc) is 3.09. The normalized spacial score (nSPS) is 16.6. The van der Waals surface area contributed by atoms with Gasteiger partial charge >= 0.3 is 0 Å². The number of nitrogens with one attached hydrogen (secondary N) is 2. The number of aryl methyl sites for hydroxylation is 2. The number of hydrogen-bond donors (Lipinski definition) is 3. The molecule has 49 heavy (non-hydrogen) atoms. The molecule has 0 spiro atoms. The summed E-state index contributed by atoms with van der Waals surface area (Å²) in [5.74, 6) is 5.74. The Bertz CT molecular complexity index is 1670. The molecule has 3 atom stereocenters. The number of ether oxygens (including phenoxy) is 2. The van der Waals surface area contributed by atoms with Crippen molar-refractivity contribution < 1.29 is 23.9 Å². The summed E-state index contributed by atoms with van der Waals surface area (Å²) in [6.45, 7) is 17.4. The lowest BCUT2D eigenvalue weighted by Gasteiger charge is -2.40. The Kier molecular flexibility index (Phi) is 14.2. The minimum absolute atomic E-state index is 0.0320. The Morgan fingerprint density at radius 2 is 1.88 bits per heavy atom. The second kappa shape index (κ2) is 18.0. The van der Waals surface area contributed by atoms with E-state index >= 15 is 0 Å². The molecule has 0 bridgehead atoms. The van der Waals surface area contributed by atoms with Crippen LogP contribution < -0.4 is 21.1 Å². The standard InChI is InChI=1S/C38H50N6O5/c1-10-24(3)12-15-32(39)34(23-43-16-17-44(27(6)22-43)35(45)11-2)49-33-19-25(4)30(20-31(33)37(46)40-8)38(47)42-36-26(5)18-29(21-41-36)14-13-28(7)48-9/h11-12,15,18-21,27-28,34H,2,10,16-17,22-23,39H2,1,3-9H3,(H,40,46)(H,41,42,47)/b24-12-,32-15-/t27-,28?,34-/m1/s1. The van der Waals surface area contributed by atoms with E-state index in [-0.39, 0.29) is 23.6 Å². The molecule has 0 aliphatic carbocycles. The van der Waals surface area contributed by atoms with E-state index in [1.165, 1.54) is 19.2 Å². The highest BCUT2D eigenvalue weighted by molar-refractivity contribution is 6.07. The van der Waals surface area contributed by atoms with E-state index in [4.69, 9.17) is 15.2 Å². The van der Waals surface area contributed by atoms with Crippen molar-refractivity contribution in [1.82, 2.24) is 20.1 Å². The van der Waals surface area contributed by atoms with Gasteiger partial charge in [0.05, 0.1) is 11.3 Å². The van der Waals surface area contributed by atoms with E-state index in [0.717, 1.165) is 17.6 Å². The molecule has 1 saturated heterocycles. The van der Waals surface area contributed by atoms with E-state index in [1.54, 1.807) is 31.2 Å². The molecule has 2 heterocycles. The Balaban J connectivity index is 1.94. The molecule has 1 aromatic heterocycles. The van der Waals surface area contributed by atoms with Gasteiger partial charge in [0, 0.05) is 63.7 Å². The van der Waals surface area contributed by atoms with Crippen LogP contribution in [0.1, 0.15) is 71.5 Å². The molecule has 1 aliphatic rings. The van der Waals surface area contributed by atoms with E-state index in [1.807, 2.05) is 45.9 Å². The van der Waals surface area contributed by atoms with Gasteiger partial charge < -0.3 is 30.7 Å². The molecular weight excluding hydrogens is 620 g/mol. The molecule has 11 nitrogen and oxygen atoms in total. The first-order valence-electron chi connectivity index (χ1n) is 16.5. The number of aromatic nitrogens is 1. The number of carbonyl (C=O) groups is 3. The maximum atomic E-state index is 13.6. The van der Waals surface area contributed by atoms with Gasteiger partial charge in [-0.05, 0) is 82.5 Å². The maximum Gasteiger partial charge on any atom is 0.257 e. The summed E-state index contributed by atoms with van der Waals surface area (Å²) in [5.41, 5.74) is 10.8. The first-order valence-corrected chi connectivity index (χ1v) is 16.5. The van der Waals surface area contributed by atoms with Crippen LogP contribution in [0.25, 0.3) is 0 Å². The van der Waals surface area contributed by atoms with Crippen molar-refractivity contribution in [2.24, 2.45) is 5.73 Å².